The fourth-order valence-corrected chi connectivity index (χ4v) is 4.58. The van der Waals surface area contributed by atoms with Crippen molar-refractivity contribution in [1.82, 2.24) is 4.90 Å². The van der Waals surface area contributed by atoms with Crippen LogP contribution in [0.4, 0.5) is 0 Å². The smallest absolute Gasteiger partial charge is 0.124 e. The second-order valence-electron chi connectivity index (χ2n) is 7.88. The zero-order valence-electron chi connectivity index (χ0n) is 18.3. The Morgan fingerprint density at radius 3 is 2.58 bits per heavy atom. The van der Waals surface area contributed by atoms with Crippen LogP contribution < -0.4 is 4.74 Å². The molecule has 0 amide bonds. The highest BCUT2D eigenvalue weighted by Crippen LogP contribution is 2.47. The Bertz CT molecular complexity index is 1190. The number of allylic oxidation sites excluding steroid dienone is 1. The molecule has 1 aliphatic rings. The Morgan fingerprint density at radius 2 is 1.87 bits per heavy atom. The molecule has 0 saturated heterocycles. The number of hydrogen-bond donors (Lipinski definition) is 1. The minimum atomic E-state index is 0.323. The van der Waals surface area contributed by atoms with Crippen LogP contribution >= 0.6 is 0 Å². The molecule has 0 aliphatic carbocycles. The number of hydrogen-bond acceptors (Lipinski definition) is 3. The van der Waals surface area contributed by atoms with E-state index in [-0.39, 0.29) is 0 Å². The SMILES string of the molecule is C=CCN1Cc2c(OC)cc(C=C)c(/C=C\CC)c2-c2c(c(O)cc3ccccc23)C1. The molecule has 0 atom stereocenters. The number of methoxy groups -OCH3 is 1. The third-order valence-electron chi connectivity index (χ3n) is 5.96. The van der Waals surface area contributed by atoms with Gasteiger partial charge in [-0.25, -0.2) is 0 Å². The van der Waals surface area contributed by atoms with Crippen LogP contribution in [-0.2, 0) is 13.1 Å². The molecule has 158 valence electrons. The average molecular weight is 412 g/mol. The summed E-state index contributed by atoms with van der Waals surface area (Å²) < 4.78 is 5.87. The summed E-state index contributed by atoms with van der Waals surface area (Å²) >= 11 is 0. The highest BCUT2D eigenvalue weighted by molar-refractivity contribution is 6.03. The second-order valence-corrected chi connectivity index (χ2v) is 7.88. The maximum Gasteiger partial charge on any atom is 0.124 e. The lowest BCUT2D eigenvalue weighted by Crippen LogP contribution is -2.22. The first kappa shape index (κ1) is 21.0. The molecule has 0 fully saturated rings. The lowest BCUT2D eigenvalue weighted by molar-refractivity contribution is 0.279. The van der Waals surface area contributed by atoms with Gasteiger partial charge in [-0.2, -0.15) is 0 Å². The third-order valence-corrected chi connectivity index (χ3v) is 5.96. The molecule has 1 heterocycles. The van der Waals surface area contributed by atoms with Crippen LogP contribution in [0.5, 0.6) is 11.5 Å². The van der Waals surface area contributed by atoms with E-state index < -0.39 is 0 Å². The molecule has 31 heavy (non-hydrogen) atoms. The first-order valence-electron chi connectivity index (χ1n) is 10.7. The second kappa shape index (κ2) is 8.83. The van der Waals surface area contributed by atoms with Crippen molar-refractivity contribution in [2.24, 2.45) is 0 Å². The van der Waals surface area contributed by atoms with Crippen LogP contribution in [-0.4, -0.2) is 23.7 Å². The molecule has 0 spiro atoms. The molecular formula is C28H29NO2. The number of ether oxygens (including phenoxy) is 1. The van der Waals surface area contributed by atoms with Gasteiger partial charge in [-0.1, -0.05) is 62.1 Å². The van der Waals surface area contributed by atoms with E-state index in [0.29, 0.717) is 18.8 Å². The summed E-state index contributed by atoms with van der Waals surface area (Å²) in [5.74, 6) is 1.16. The lowest BCUT2D eigenvalue weighted by Gasteiger charge is -2.22. The van der Waals surface area contributed by atoms with Gasteiger partial charge < -0.3 is 9.84 Å². The molecule has 0 radical (unpaired) electrons. The van der Waals surface area contributed by atoms with Crippen molar-refractivity contribution >= 4 is 22.9 Å². The largest absolute Gasteiger partial charge is 0.508 e. The summed E-state index contributed by atoms with van der Waals surface area (Å²) in [6, 6.07) is 12.2. The van der Waals surface area contributed by atoms with Crippen molar-refractivity contribution in [3.8, 4) is 22.6 Å². The van der Waals surface area contributed by atoms with Gasteiger partial charge in [0.1, 0.15) is 11.5 Å². The molecule has 3 aromatic rings. The number of benzene rings is 3. The number of rotatable bonds is 6. The number of phenolic OH excluding ortho intramolecular Hbond substituents is 1. The van der Waals surface area contributed by atoms with Crippen molar-refractivity contribution in [2.45, 2.75) is 26.4 Å². The first-order valence-corrected chi connectivity index (χ1v) is 10.7. The van der Waals surface area contributed by atoms with E-state index in [4.69, 9.17) is 4.74 Å². The van der Waals surface area contributed by atoms with E-state index in [1.165, 1.54) is 0 Å². The van der Waals surface area contributed by atoms with Crippen LogP contribution in [0.25, 0.3) is 34.1 Å². The Morgan fingerprint density at radius 1 is 1.10 bits per heavy atom. The highest BCUT2D eigenvalue weighted by atomic mass is 16.5. The Balaban J connectivity index is 2.21. The predicted molar refractivity (Wildman–Crippen MR) is 131 cm³/mol. The average Bonchev–Trinajstić information content (AvgIpc) is 2.95. The van der Waals surface area contributed by atoms with Gasteiger partial charge in [0.2, 0.25) is 0 Å². The summed E-state index contributed by atoms with van der Waals surface area (Å²) in [7, 11) is 1.72. The summed E-state index contributed by atoms with van der Waals surface area (Å²) in [6.45, 7) is 12.2. The third kappa shape index (κ3) is 3.66. The van der Waals surface area contributed by atoms with Crippen LogP contribution in [0.2, 0.25) is 0 Å². The van der Waals surface area contributed by atoms with E-state index in [0.717, 1.165) is 62.9 Å². The van der Waals surface area contributed by atoms with Gasteiger partial charge >= 0.3 is 0 Å². The number of fused-ring (bicyclic) bond motifs is 5. The number of nitrogens with zero attached hydrogens (tertiary/aromatic N) is 1. The van der Waals surface area contributed by atoms with Gasteiger partial charge in [-0.05, 0) is 51.6 Å². The molecule has 0 aromatic heterocycles. The van der Waals surface area contributed by atoms with Crippen molar-refractivity contribution < 1.29 is 9.84 Å². The van der Waals surface area contributed by atoms with Crippen molar-refractivity contribution in [1.29, 1.82) is 0 Å². The fraction of sp³-hybridized carbons (Fsp3) is 0.214. The fourth-order valence-electron chi connectivity index (χ4n) is 4.58. The molecule has 0 bridgehead atoms. The maximum absolute atomic E-state index is 11.1. The summed E-state index contributed by atoms with van der Waals surface area (Å²) in [5, 5.41) is 13.2. The van der Waals surface area contributed by atoms with Gasteiger partial charge in [0, 0.05) is 30.8 Å². The molecule has 4 rings (SSSR count). The molecule has 1 aliphatic heterocycles. The van der Waals surface area contributed by atoms with Crippen molar-refractivity contribution in [3.63, 3.8) is 0 Å². The van der Waals surface area contributed by atoms with E-state index in [1.54, 1.807) is 7.11 Å². The van der Waals surface area contributed by atoms with Gasteiger partial charge in [0.15, 0.2) is 0 Å². The molecule has 3 aromatic carbocycles. The zero-order chi connectivity index (χ0) is 22.0. The van der Waals surface area contributed by atoms with Gasteiger partial charge in [0.25, 0.3) is 0 Å². The number of aromatic hydroxyl groups is 1. The molecule has 0 saturated carbocycles. The highest BCUT2D eigenvalue weighted by Gasteiger charge is 2.28. The molecule has 3 heteroatoms. The standard InChI is InChI=1S/C28H29NO2/c1-5-8-12-21-19(7-3)16-26(31-4)24-18-29(14-6-2)17-23-25(30)15-20-11-9-10-13-22(20)27(23)28(21)24/h6-13,15-16,30H,2-3,5,14,17-18H2,1,4H3/b12-8-. The van der Waals surface area contributed by atoms with Crippen LogP contribution in [0.1, 0.15) is 35.6 Å². The summed E-state index contributed by atoms with van der Waals surface area (Å²) in [6.07, 6.45) is 9.08. The normalized spacial score (nSPS) is 13.6. The van der Waals surface area contributed by atoms with Gasteiger partial charge in [-0.3, -0.25) is 4.90 Å². The van der Waals surface area contributed by atoms with Gasteiger partial charge in [-0.15, -0.1) is 6.58 Å². The Hall–Kier alpha value is -3.30. The van der Waals surface area contributed by atoms with Crippen LogP contribution in [0, 0.1) is 0 Å². The summed E-state index contributed by atoms with van der Waals surface area (Å²) in [5.41, 5.74) is 6.40. The maximum atomic E-state index is 11.1. The van der Waals surface area contributed by atoms with Crippen molar-refractivity contribution in [2.75, 3.05) is 13.7 Å². The summed E-state index contributed by atoms with van der Waals surface area (Å²) in [4.78, 5) is 2.29. The molecular weight excluding hydrogens is 382 g/mol. The molecule has 1 N–H and O–H groups in total. The quantitative estimate of drug-likeness (QED) is 0.453. The Labute approximate surface area is 184 Å². The van der Waals surface area contributed by atoms with E-state index in [9.17, 15) is 5.11 Å². The topological polar surface area (TPSA) is 32.7 Å². The van der Waals surface area contributed by atoms with Crippen LogP contribution in [0.15, 0.2) is 61.7 Å². The Kier molecular flexibility index (Phi) is 5.97. The van der Waals surface area contributed by atoms with Crippen molar-refractivity contribution in [3.05, 3.63) is 84.0 Å². The molecule has 0 unspecified atom stereocenters. The minimum Gasteiger partial charge on any atom is -0.508 e. The lowest BCUT2D eigenvalue weighted by atomic mass is 9.85. The number of phenols is 1. The minimum absolute atomic E-state index is 0.323. The van der Waals surface area contributed by atoms with Gasteiger partial charge in [0.05, 0.1) is 7.11 Å². The van der Waals surface area contributed by atoms with E-state index >= 15 is 0 Å². The van der Waals surface area contributed by atoms with E-state index in [1.807, 2.05) is 24.3 Å². The monoisotopic (exact) mass is 411 g/mol. The molecule has 3 nitrogen and oxygen atoms in total. The van der Waals surface area contributed by atoms with E-state index in [2.05, 4.69) is 61.4 Å². The zero-order valence-corrected chi connectivity index (χ0v) is 18.3. The van der Waals surface area contributed by atoms with Crippen LogP contribution in [0.3, 0.4) is 0 Å². The predicted octanol–water partition coefficient (Wildman–Crippen LogP) is 6.79. The first-order chi connectivity index (χ1) is 15.1.